The molecule has 0 unspecified atom stereocenters. The van der Waals surface area contributed by atoms with Crippen molar-refractivity contribution in [1.29, 1.82) is 0 Å². The molecule has 0 amide bonds. The number of aromatic amines is 2. The topological polar surface area (TPSA) is 86.7 Å². The van der Waals surface area contributed by atoms with Crippen LogP contribution < -0.4 is 16.7 Å². The van der Waals surface area contributed by atoms with E-state index >= 15 is 0 Å². The van der Waals surface area contributed by atoms with Crippen LogP contribution in [-0.2, 0) is 0 Å². The number of benzene rings is 1. The lowest BCUT2D eigenvalue weighted by Gasteiger charge is -2.11. The Morgan fingerprint density at radius 2 is 2.06 bits per heavy atom. The number of nitrogens with two attached hydrogens (primary N) is 1. The average Bonchev–Trinajstić information content (AvgIpc) is 2.87. The summed E-state index contributed by atoms with van der Waals surface area (Å²) in [5, 5.41) is 3.29. The minimum Gasteiger partial charge on any atom is -0.383 e. The Morgan fingerprint density at radius 3 is 2.81 bits per heavy atom. The van der Waals surface area contributed by atoms with Crippen LogP contribution in [0.3, 0.4) is 0 Å². The van der Waals surface area contributed by atoms with Crippen LogP contribution in [0.2, 0.25) is 0 Å². The summed E-state index contributed by atoms with van der Waals surface area (Å²) < 4.78 is 0. The third-order valence-corrected chi connectivity index (χ3v) is 3.05. The van der Waals surface area contributed by atoms with E-state index in [0.29, 0.717) is 0 Å². The summed E-state index contributed by atoms with van der Waals surface area (Å²) in [4.78, 5) is 16.5. The molecule has 1 aromatic heterocycles. The maximum Gasteiger partial charge on any atom is 0.323 e. The molecular formula is C11H14N4O. The summed E-state index contributed by atoms with van der Waals surface area (Å²) in [6, 6.07) is 5.74. The van der Waals surface area contributed by atoms with Gasteiger partial charge in [-0.3, -0.25) is 0 Å². The van der Waals surface area contributed by atoms with Gasteiger partial charge in [-0.05, 0) is 31.0 Å². The molecule has 2 aromatic rings. The van der Waals surface area contributed by atoms with E-state index in [1.807, 2.05) is 18.2 Å². The molecule has 1 aromatic carbocycles. The molecule has 3 rings (SSSR count). The minimum atomic E-state index is -0.176. The molecule has 0 bridgehead atoms. The van der Waals surface area contributed by atoms with Gasteiger partial charge in [0.25, 0.3) is 0 Å². The van der Waals surface area contributed by atoms with Crippen LogP contribution >= 0.6 is 0 Å². The molecule has 5 nitrogen and oxygen atoms in total. The van der Waals surface area contributed by atoms with E-state index in [0.717, 1.165) is 36.1 Å². The number of rotatable bonds is 3. The number of fused-ring (bicyclic) bond motifs is 1. The molecule has 1 aliphatic rings. The monoisotopic (exact) mass is 218 g/mol. The van der Waals surface area contributed by atoms with Gasteiger partial charge in [0.1, 0.15) is 0 Å². The van der Waals surface area contributed by atoms with Crippen molar-refractivity contribution >= 4 is 16.7 Å². The quantitative estimate of drug-likeness (QED) is 0.613. The van der Waals surface area contributed by atoms with E-state index in [9.17, 15) is 4.79 Å². The van der Waals surface area contributed by atoms with Gasteiger partial charge in [-0.2, -0.15) is 0 Å². The summed E-state index contributed by atoms with van der Waals surface area (Å²) in [7, 11) is 0. The number of nitrogens with one attached hydrogen (secondary N) is 3. The Balaban J connectivity index is 1.84. The molecule has 1 fully saturated rings. The Labute approximate surface area is 92.0 Å². The first-order valence-corrected chi connectivity index (χ1v) is 5.40. The van der Waals surface area contributed by atoms with Gasteiger partial charge >= 0.3 is 5.69 Å². The second-order valence-corrected chi connectivity index (χ2v) is 4.56. The zero-order valence-corrected chi connectivity index (χ0v) is 8.84. The molecule has 1 heterocycles. The Kier molecular flexibility index (Phi) is 1.85. The predicted octanol–water partition coefficient (Wildman–Crippen LogP) is 0.759. The molecule has 16 heavy (non-hydrogen) atoms. The molecule has 0 radical (unpaired) electrons. The predicted molar refractivity (Wildman–Crippen MR) is 63.6 cm³/mol. The van der Waals surface area contributed by atoms with Crippen molar-refractivity contribution in [3.63, 3.8) is 0 Å². The van der Waals surface area contributed by atoms with Gasteiger partial charge in [0.2, 0.25) is 0 Å². The number of anilines is 1. The zero-order chi connectivity index (χ0) is 11.2. The molecule has 0 aliphatic heterocycles. The van der Waals surface area contributed by atoms with Crippen LogP contribution in [0.4, 0.5) is 5.69 Å². The van der Waals surface area contributed by atoms with Crippen molar-refractivity contribution < 1.29 is 0 Å². The minimum absolute atomic E-state index is 0.0134. The van der Waals surface area contributed by atoms with Gasteiger partial charge in [0.05, 0.1) is 11.0 Å². The van der Waals surface area contributed by atoms with E-state index in [-0.39, 0.29) is 11.2 Å². The summed E-state index contributed by atoms with van der Waals surface area (Å²) in [6.45, 7) is 0.785. The standard InChI is InChI=1S/C11H14N4O/c12-11(3-4-11)6-13-7-1-2-8-9(5-7)15-10(16)14-8/h1-2,5,13H,3-4,6,12H2,(H2,14,15,16). The SMILES string of the molecule is NC1(CNc2ccc3[nH]c(=O)[nH]c3c2)CC1. The van der Waals surface area contributed by atoms with Gasteiger partial charge in [-0.25, -0.2) is 4.79 Å². The lowest BCUT2D eigenvalue weighted by Crippen LogP contribution is -2.30. The summed E-state index contributed by atoms with van der Waals surface area (Å²) in [5.74, 6) is 0. The van der Waals surface area contributed by atoms with Gasteiger partial charge in [-0.1, -0.05) is 0 Å². The van der Waals surface area contributed by atoms with Crippen LogP contribution in [0.25, 0.3) is 11.0 Å². The largest absolute Gasteiger partial charge is 0.383 e. The molecule has 5 N–H and O–H groups in total. The van der Waals surface area contributed by atoms with E-state index in [2.05, 4.69) is 15.3 Å². The third kappa shape index (κ3) is 1.69. The van der Waals surface area contributed by atoms with Crippen LogP contribution in [0, 0.1) is 0 Å². The molecule has 0 spiro atoms. The fourth-order valence-corrected chi connectivity index (χ4v) is 1.76. The maximum atomic E-state index is 11.1. The molecule has 1 saturated carbocycles. The Hall–Kier alpha value is -1.75. The van der Waals surface area contributed by atoms with Crippen molar-refractivity contribution in [2.24, 2.45) is 5.73 Å². The normalized spacial score (nSPS) is 17.6. The highest BCUT2D eigenvalue weighted by Gasteiger charge is 2.37. The summed E-state index contributed by atoms with van der Waals surface area (Å²) >= 11 is 0. The first kappa shape index (κ1) is 9.47. The number of H-pyrrole nitrogens is 2. The summed E-state index contributed by atoms with van der Waals surface area (Å²) in [6.07, 6.45) is 2.17. The lowest BCUT2D eigenvalue weighted by molar-refractivity contribution is 0.713. The van der Waals surface area contributed by atoms with E-state index in [4.69, 9.17) is 5.73 Å². The van der Waals surface area contributed by atoms with Crippen molar-refractivity contribution in [2.45, 2.75) is 18.4 Å². The van der Waals surface area contributed by atoms with Crippen LogP contribution in [0.1, 0.15) is 12.8 Å². The number of hydrogen-bond donors (Lipinski definition) is 4. The second-order valence-electron chi connectivity index (χ2n) is 4.56. The first-order valence-electron chi connectivity index (χ1n) is 5.40. The van der Waals surface area contributed by atoms with Crippen LogP contribution in [-0.4, -0.2) is 22.1 Å². The first-order chi connectivity index (χ1) is 7.65. The fourth-order valence-electron chi connectivity index (χ4n) is 1.76. The van der Waals surface area contributed by atoms with E-state index < -0.39 is 0 Å². The fraction of sp³-hybridized carbons (Fsp3) is 0.364. The van der Waals surface area contributed by atoms with E-state index in [1.165, 1.54) is 0 Å². The van der Waals surface area contributed by atoms with Crippen LogP contribution in [0.5, 0.6) is 0 Å². The highest BCUT2D eigenvalue weighted by molar-refractivity contribution is 5.78. The highest BCUT2D eigenvalue weighted by atomic mass is 16.1. The number of hydrogen-bond acceptors (Lipinski definition) is 3. The van der Waals surface area contributed by atoms with Crippen molar-refractivity contribution in [3.05, 3.63) is 28.7 Å². The smallest absolute Gasteiger partial charge is 0.323 e. The molecule has 84 valence electrons. The number of aromatic nitrogens is 2. The molecule has 0 saturated heterocycles. The molecule has 5 heteroatoms. The van der Waals surface area contributed by atoms with Gasteiger partial charge < -0.3 is 21.0 Å². The maximum absolute atomic E-state index is 11.1. The highest BCUT2D eigenvalue weighted by Crippen LogP contribution is 2.32. The van der Waals surface area contributed by atoms with E-state index in [1.54, 1.807) is 0 Å². The van der Waals surface area contributed by atoms with Gasteiger partial charge in [0.15, 0.2) is 0 Å². The summed E-state index contributed by atoms with van der Waals surface area (Å²) in [5.41, 5.74) is 8.42. The van der Waals surface area contributed by atoms with Gasteiger partial charge in [-0.15, -0.1) is 0 Å². The average molecular weight is 218 g/mol. The Bertz CT molecular complexity index is 579. The lowest BCUT2D eigenvalue weighted by atomic mass is 10.2. The second kappa shape index (κ2) is 3.12. The Morgan fingerprint density at radius 1 is 1.31 bits per heavy atom. The van der Waals surface area contributed by atoms with Crippen molar-refractivity contribution in [2.75, 3.05) is 11.9 Å². The third-order valence-electron chi connectivity index (χ3n) is 3.05. The van der Waals surface area contributed by atoms with Crippen molar-refractivity contribution in [3.8, 4) is 0 Å². The van der Waals surface area contributed by atoms with Crippen molar-refractivity contribution in [1.82, 2.24) is 9.97 Å². The van der Waals surface area contributed by atoms with Crippen LogP contribution in [0.15, 0.2) is 23.0 Å². The van der Waals surface area contributed by atoms with Gasteiger partial charge in [0, 0.05) is 17.8 Å². The molecule has 1 aliphatic carbocycles. The molecular weight excluding hydrogens is 204 g/mol. The zero-order valence-electron chi connectivity index (χ0n) is 8.84. The number of imidazole rings is 1. The molecule has 0 atom stereocenters.